The van der Waals surface area contributed by atoms with Gasteiger partial charge in [0.2, 0.25) is 5.88 Å². The van der Waals surface area contributed by atoms with Gasteiger partial charge in [-0.15, -0.1) is 0 Å². The molecular weight excluding hydrogens is 254 g/mol. The minimum Gasteiger partial charge on any atom is -0.478 e. The maximum atomic E-state index is 10.4. The molecule has 4 nitrogen and oxygen atoms in total. The number of ether oxygens (including phenoxy) is 1. The molecule has 0 radical (unpaired) electrons. The Morgan fingerprint density at radius 2 is 2.05 bits per heavy atom. The predicted molar refractivity (Wildman–Crippen MR) is 76.9 cm³/mol. The van der Waals surface area contributed by atoms with Crippen LogP contribution in [0.15, 0.2) is 42.6 Å². The third kappa shape index (κ3) is 3.68. The average Bonchev–Trinajstić information content (AvgIpc) is 2.41. The summed E-state index contributed by atoms with van der Waals surface area (Å²) in [5.74, 6) is 0.252. The van der Waals surface area contributed by atoms with Gasteiger partial charge >= 0.3 is 5.97 Å². The lowest BCUT2D eigenvalue weighted by molar-refractivity contribution is -0.131. The van der Waals surface area contributed by atoms with Crippen molar-refractivity contribution in [3.8, 4) is 11.6 Å². The zero-order valence-electron chi connectivity index (χ0n) is 11.3. The summed E-state index contributed by atoms with van der Waals surface area (Å²) in [6, 6.07) is 9.39. The molecule has 0 spiro atoms. The number of rotatable bonds is 4. The van der Waals surface area contributed by atoms with Crippen LogP contribution < -0.4 is 4.74 Å². The van der Waals surface area contributed by atoms with Crippen molar-refractivity contribution in [2.45, 2.75) is 13.8 Å². The summed E-state index contributed by atoms with van der Waals surface area (Å²) in [7, 11) is 0. The van der Waals surface area contributed by atoms with Gasteiger partial charge in [0.15, 0.2) is 0 Å². The van der Waals surface area contributed by atoms with Gasteiger partial charge < -0.3 is 9.84 Å². The van der Waals surface area contributed by atoms with E-state index in [2.05, 4.69) is 4.98 Å². The highest BCUT2D eigenvalue weighted by atomic mass is 16.5. The second-order valence-electron chi connectivity index (χ2n) is 4.47. The summed E-state index contributed by atoms with van der Waals surface area (Å²) in [6.07, 6.45) is 4.12. The van der Waals surface area contributed by atoms with Crippen LogP contribution in [0.3, 0.4) is 0 Å². The Hall–Kier alpha value is -2.62. The predicted octanol–water partition coefficient (Wildman–Crippen LogP) is 3.59. The highest BCUT2D eigenvalue weighted by Crippen LogP contribution is 2.24. The van der Waals surface area contributed by atoms with E-state index in [0.29, 0.717) is 11.4 Å². The Morgan fingerprint density at radius 1 is 1.25 bits per heavy atom. The van der Waals surface area contributed by atoms with Crippen LogP contribution in [0.25, 0.3) is 6.08 Å². The smallest absolute Gasteiger partial charge is 0.328 e. The first-order valence-corrected chi connectivity index (χ1v) is 6.17. The number of hydrogen-bond acceptors (Lipinski definition) is 3. The number of benzene rings is 1. The summed E-state index contributed by atoms with van der Waals surface area (Å²) in [5.41, 5.74) is 2.93. The number of hydrogen-bond donors (Lipinski definition) is 1. The second-order valence-corrected chi connectivity index (χ2v) is 4.47. The van der Waals surface area contributed by atoms with Crippen LogP contribution in [0.5, 0.6) is 11.6 Å². The summed E-state index contributed by atoms with van der Waals surface area (Å²) in [4.78, 5) is 14.6. The van der Waals surface area contributed by atoms with Crippen molar-refractivity contribution in [3.63, 3.8) is 0 Å². The van der Waals surface area contributed by atoms with Crippen molar-refractivity contribution in [1.29, 1.82) is 0 Å². The number of aliphatic carboxylic acids is 1. The summed E-state index contributed by atoms with van der Waals surface area (Å²) in [6.45, 7) is 4.00. The van der Waals surface area contributed by atoms with Crippen molar-refractivity contribution in [1.82, 2.24) is 4.98 Å². The van der Waals surface area contributed by atoms with Crippen LogP contribution >= 0.6 is 0 Å². The SMILES string of the molecule is Cc1ccc(Oc2ccc(/C=C/C(=O)O)cn2)c(C)c1. The van der Waals surface area contributed by atoms with Gasteiger partial charge in [0.05, 0.1) is 0 Å². The van der Waals surface area contributed by atoms with E-state index >= 15 is 0 Å². The van der Waals surface area contributed by atoms with Gasteiger partial charge in [-0.05, 0) is 43.2 Å². The van der Waals surface area contributed by atoms with Crippen LogP contribution in [-0.4, -0.2) is 16.1 Å². The fourth-order valence-corrected chi connectivity index (χ4v) is 1.74. The van der Waals surface area contributed by atoms with E-state index in [1.807, 2.05) is 32.0 Å². The lowest BCUT2D eigenvalue weighted by atomic mass is 10.1. The molecule has 0 aliphatic heterocycles. The molecule has 0 aliphatic rings. The lowest BCUT2D eigenvalue weighted by Crippen LogP contribution is -1.91. The number of pyridine rings is 1. The zero-order chi connectivity index (χ0) is 14.5. The number of aromatic nitrogens is 1. The number of carbonyl (C=O) groups is 1. The molecule has 0 atom stereocenters. The summed E-state index contributed by atoms with van der Waals surface area (Å²) in [5, 5.41) is 8.55. The monoisotopic (exact) mass is 269 g/mol. The van der Waals surface area contributed by atoms with Crippen LogP contribution in [0.4, 0.5) is 0 Å². The van der Waals surface area contributed by atoms with Crippen molar-refractivity contribution in [2.75, 3.05) is 0 Å². The average molecular weight is 269 g/mol. The van der Waals surface area contributed by atoms with Gasteiger partial charge in [-0.25, -0.2) is 9.78 Å². The first-order valence-electron chi connectivity index (χ1n) is 6.17. The fraction of sp³-hybridized carbons (Fsp3) is 0.125. The third-order valence-electron chi connectivity index (χ3n) is 2.72. The largest absolute Gasteiger partial charge is 0.478 e. The molecule has 4 heteroatoms. The van der Waals surface area contributed by atoms with Gasteiger partial charge in [0.1, 0.15) is 5.75 Å². The summed E-state index contributed by atoms with van der Waals surface area (Å²) < 4.78 is 5.69. The van der Waals surface area contributed by atoms with Crippen molar-refractivity contribution >= 4 is 12.0 Å². The Bertz CT molecular complexity index is 645. The fourth-order valence-electron chi connectivity index (χ4n) is 1.74. The zero-order valence-corrected chi connectivity index (χ0v) is 11.3. The molecule has 2 aromatic rings. The molecule has 20 heavy (non-hydrogen) atoms. The molecule has 0 saturated carbocycles. The van der Waals surface area contributed by atoms with Crippen molar-refractivity contribution < 1.29 is 14.6 Å². The molecule has 0 unspecified atom stereocenters. The lowest BCUT2D eigenvalue weighted by Gasteiger charge is -2.08. The topological polar surface area (TPSA) is 59.4 Å². The summed E-state index contributed by atoms with van der Waals surface area (Å²) >= 11 is 0. The molecule has 0 aliphatic carbocycles. The van der Waals surface area contributed by atoms with Gasteiger partial charge in [-0.1, -0.05) is 17.7 Å². The molecule has 0 bridgehead atoms. The molecule has 1 aromatic heterocycles. The van der Waals surface area contributed by atoms with E-state index in [1.165, 1.54) is 11.6 Å². The van der Waals surface area contributed by atoms with E-state index in [1.54, 1.807) is 18.3 Å². The van der Waals surface area contributed by atoms with Gasteiger partial charge in [0, 0.05) is 18.3 Å². The highest BCUT2D eigenvalue weighted by Gasteiger charge is 2.02. The number of carboxylic acids is 1. The normalized spacial score (nSPS) is 10.7. The molecule has 1 N–H and O–H groups in total. The van der Waals surface area contributed by atoms with E-state index in [0.717, 1.165) is 17.4 Å². The van der Waals surface area contributed by atoms with Gasteiger partial charge in [-0.3, -0.25) is 0 Å². The molecule has 0 amide bonds. The molecular formula is C16H15NO3. The highest BCUT2D eigenvalue weighted by molar-refractivity contribution is 5.85. The van der Waals surface area contributed by atoms with E-state index in [9.17, 15) is 4.79 Å². The number of carboxylic acid groups (broad SMARTS) is 1. The third-order valence-corrected chi connectivity index (χ3v) is 2.72. The maximum absolute atomic E-state index is 10.4. The van der Waals surface area contributed by atoms with Crippen molar-refractivity contribution in [3.05, 3.63) is 59.3 Å². The molecule has 0 saturated heterocycles. The molecule has 2 rings (SSSR count). The van der Waals surface area contributed by atoms with Crippen LogP contribution in [0.1, 0.15) is 16.7 Å². The molecule has 102 valence electrons. The van der Waals surface area contributed by atoms with Crippen LogP contribution in [0, 0.1) is 13.8 Å². The minimum absolute atomic E-state index is 0.476. The number of nitrogens with zero attached hydrogens (tertiary/aromatic N) is 1. The van der Waals surface area contributed by atoms with Crippen LogP contribution in [-0.2, 0) is 4.79 Å². The van der Waals surface area contributed by atoms with Gasteiger partial charge in [-0.2, -0.15) is 0 Å². The maximum Gasteiger partial charge on any atom is 0.328 e. The molecule has 1 heterocycles. The minimum atomic E-state index is -0.986. The standard InChI is InChI=1S/C16H15NO3/c1-11-3-6-14(12(2)9-11)20-15-7-4-13(10-17-15)5-8-16(18)19/h3-10H,1-2H3,(H,18,19)/b8-5+. The second kappa shape index (κ2) is 6.02. The number of aryl methyl sites for hydroxylation is 2. The Balaban J connectivity index is 2.12. The van der Waals surface area contributed by atoms with Crippen molar-refractivity contribution in [2.24, 2.45) is 0 Å². The van der Waals surface area contributed by atoms with E-state index < -0.39 is 5.97 Å². The molecule has 1 aromatic carbocycles. The van der Waals surface area contributed by atoms with E-state index in [4.69, 9.17) is 9.84 Å². The molecule has 0 fully saturated rings. The first kappa shape index (κ1) is 13.8. The van der Waals surface area contributed by atoms with Crippen LogP contribution in [0.2, 0.25) is 0 Å². The van der Waals surface area contributed by atoms with Gasteiger partial charge in [0.25, 0.3) is 0 Å². The Morgan fingerprint density at radius 3 is 2.65 bits per heavy atom. The first-order chi connectivity index (χ1) is 9.54. The Kier molecular flexibility index (Phi) is 4.15. The van der Waals surface area contributed by atoms with E-state index in [-0.39, 0.29) is 0 Å². The Labute approximate surface area is 117 Å². The quantitative estimate of drug-likeness (QED) is 0.862.